The molecule has 1 unspecified atom stereocenters. The van der Waals surface area contributed by atoms with Crippen LogP contribution in [0.15, 0.2) is 83.8 Å². The summed E-state index contributed by atoms with van der Waals surface area (Å²) in [6, 6.07) is 15.4. The summed E-state index contributed by atoms with van der Waals surface area (Å²) in [5.74, 6) is -2.83. The van der Waals surface area contributed by atoms with Crippen molar-refractivity contribution in [3.63, 3.8) is 0 Å². The Kier molecular flexibility index (Phi) is 15.2. The number of carboxylic acids is 2. The molecule has 2 aromatic carbocycles. The number of Topliss-reactive ketones (excluding diaryl/α,β-unsaturated/α-hetero) is 1. The van der Waals surface area contributed by atoms with Gasteiger partial charge in [-0.3, -0.25) is 14.4 Å². The third-order valence-corrected chi connectivity index (χ3v) is 13.2. The highest BCUT2D eigenvalue weighted by Crippen LogP contribution is 2.28. The van der Waals surface area contributed by atoms with Gasteiger partial charge in [0, 0.05) is 73.4 Å². The van der Waals surface area contributed by atoms with E-state index in [4.69, 9.17) is 24.9 Å². The summed E-state index contributed by atoms with van der Waals surface area (Å²) < 4.78 is 9.07. The van der Waals surface area contributed by atoms with Crippen LogP contribution >= 0.6 is 22.7 Å². The fourth-order valence-electron chi connectivity index (χ4n) is 7.57. The molecule has 6 aromatic rings. The van der Waals surface area contributed by atoms with Gasteiger partial charge in [0.05, 0.1) is 41.7 Å². The number of methoxy groups -OCH3 is 1. The summed E-state index contributed by atoms with van der Waals surface area (Å²) in [5.41, 5.74) is 5.22. The van der Waals surface area contributed by atoms with Gasteiger partial charge < -0.3 is 44.5 Å². The number of ketones is 1. The molecule has 6 heterocycles. The Morgan fingerprint density at radius 2 is 1.08 bits per heavy atom. The maximum Gasteiger partial charge on any atom is 0.335 e. The predicted octanol–water partition coefficient (Wildman–Crippen LogP) is 8.78. The second-order valence-electron chi connectivity index (χ2n) is 16.0. The van der Waals surface area contributed by atoms with E-state index in [0.29, 0.717) is 41.4 Å². The maximum atomic E-state index is 13.1. The molecular weight excluding hydrogens is 869 g/mol. The molecule has 65 heavy (non-hydrogen) atoms. The highest BCUT2D eigenvalue weighted by molar-refractivity contribution is 7.14. The molecule has 18 heteroatoms. The van der Waals surface area contributed by atoms with Crippen molar-refractivity contribution in [2.75, 3.05) is 53.7 Å². The second kappa shape index (κ2) is 21.4. The van der Waals surface area contributed by atoms with Crippen molar-refractivity contribution in [1.82, 2.24) is 19.1 Å². The van der Waals surface area contributed by atoms with Crippen LogP contribution in [0.3, 0.4) is 0 Å². The van der Waals surface area contributed by atoms with Gasteiger partial charge in [-0.15, -0.1) is 22.7 Å². The van der Waals surface area contributed by atoms with Crippen molar-refractivity contribution in [2.24, 2.45) is 0 Å². The van der Waals surface area contributed by atoms with Crippen molar-refractivity contribution in [1.29, 1.82) is 0 Å². The van der Waals surface area contributed by atoms with E-state index >= 15 is 0 Å². The standard InChI is InChI=1S/C24H28N4O4S.C23H24N4O4S/c1-16(32-2)18-12-21(22(29)25-19-8-6-17(7-9-19)23(30)31)28(13-18)14-20-15-33-24(26-20)27-10-4-3-5-11-27;1-15(28)17-11-20(21(29)24-18-7-5-16(6-8-18)22(30)31)27(12-17)13-19-14-32-23(25-19)26-9-3-2-4-10-26/h6-9,12-13,15-16H,3-5,10-11,14H2,1-2H3,(H,25,29)(H,30,31);5-8,11-12,14H,2-4,9-10,13H2,1H3,(H,24,29)(H,30,31). The summed E-state index contributed by atoms with van der Waals surface area (Å²) in [4.78, 5) is 74.3. The van der Waals surface area contributed by atoms with E-state index in [-0.39, 0.29) is 34.8 Å². The monoisotopic (exact) mass is 920 g/mol. The zero-order valence-corrected chi connectivity index (χ0v) is 38.1. The lowest BCUT2D eigenvalue weighted by molar-refractivity contribution is 0.0686. The largest absolute Gasteiger partial charge is 0.478 e. The first kappa shape index (κ1) is 46.4. The lowest BCUT2D eigenvalue weighted by atomic mass is 10.1. The Morgan fingerprint density at radius 1 is 0.646 bits per heavy atom. The zero-order valence-electron chi connectivity index (χ0n) is 36.5. The van der Waals surface area contributed by atoms with E-state index in [0.717, 1.165) is 53.4 Å². The first-order chi connectivity index (χ1) is 31.3. The van der Waals surface area contributed by atoms with Gasteiger partial charge >= 0.3 is 11.9 Å². The topological polar surface area (TPSA) is 201 Å². The van der Waals surface area contributed by atoms with Gasteiger partial charge in [0.25, 0.3) is 11.8 Å². The Bertz CT molecular complexity index is 2620. The number of aromatic carboxylic acids is 2. The van der Waals surface area contributed by atoms with E-state index in [1.165, 1.54) is 81.8 Å². The fraction of sp³-hybridized carbons (Fsp3) is 0.340. The minimum atomic E-state index is -1.03. The molecule has 340 valence electrons. The molecule has 16 nitrogen and oxygen atoms in total. The van der Waals surface area contributed by atoms with Gasteiger partial charge in [-0.2, -0.15) is 0 Å². The van der Waals surface area contributed by atoms with Crippen LogP contribution in [-0.4, -0.2) is 92.1 Å². The number of carbonyl (C=O) groups is 5. The van der Waals surface area contributed by atoms with E-state index in [2.05, 4.69) is 25.8 Å². The van der Waals surface area contributed by atoms with Crippen LogP contribution in [-0.2, 0) is 17.8 Å². The second-order valence-corrected chi connectivity index (χ2v) is 17.6. The molecule has 2 saturated heterocycles. The highest BCUT2D eigenvalue weighted by atomic mass is 32.1. The number of nitrogens with zero attached hydrogens (tertiary/aromatic N) is 6. The number of hydrogen-bond donors (Lipinski definition) is 4. The molecule has 0 aliphatic carbocycles. The molecule has 0 radical (unpaired) electrons. The van der Waals surface area contributed by atoms with E-state index in [1.807, 2.05) is 29.1 Å². The van der Waals surface area contributed by atoms with Gasteiger partial charge in [0.15, 0.2) is 16.0 Å². The lowest BCUT2D eigenvalue weighted by Crippen LogP contribution is -2.29. The average molecular weight is 921 g/mol. The molecular formula is C47H52N8O8S2. The van der Waals surface area contributed by atoms with Crippen LogP contribution in [0.1, 0.15) is 127 Å². The van der Waals surface area contributed by atoms with E-state index in [9.17, 15) is 24.0 Å². The van der Waals surface area contributed by atoms with Crippen LogP contribution in [0.25, 0.3) is 0 Å². The molecule has 1 atom stereocenters. The van der Waals surface area contributed by atoms with Crippen molar-refractivity contribution in [3.05, 3.63) is 129 Å². The number of amides is 2. The number of nitrogens with one attached hydrogen (secondary N) is 2. The number of carboxylic acid groups (broad SMARTS) is 2. The molecule has 4 aromatic heterocycles. The minimum Gasteiger partial charge on any atom is -0.478 e. The summed E-state index contributed by atoms with van der Waals surface area (Å²) in [7, 11) is 1.64. The zero-order chi connectivity index (χ0) is 46.0. The Balaban J connectivity index is 0.000000194. The molecule has 2 fully saturated rings. The molecule has 2 aliphatic heterocycles. The third-order valence-electron chi connectivity index (χ3n) is 11.3. The summed E-state index contributed by atoms with van der Waals surface area (Å²) in [5, 5.41) is 29.8. The number of carbonyl (C=O) groups excluding carboxylic acids is 3. The highest BCUT2D eigenvalue weighted by Gasteiger charge is 2.22. The van der Waals surface area contributed by atoms with Crippen LogP contribution < -0.4 is 20.4 Å². The van der Waals surface area contributed by atoms with Crippen LogP contribution in [0.2, 0.25) is 0 Å². The summed E-state index contributed by atoms with van der Waals surface area (Å²) >= 11 is 3.24. The van der Waals surface area contributed by atoms with Gasteiger partial charge in [-0.05, 0) is 119 Å². The summed E-state index contributed by atoms with van der Waals surface area (Å²) in [6.07, 6.45) is 10.7. The molecule has 8 rings (SSSR count). The normalized spacial score (nSPS) is 14.3. The number of rotatable bonds is 15. The van der Waals surface area contributed by atoms with E-state index < -0.39 is 11.9 Å². The summed E-state index contributed by atoms with van der Waals surface area (Å²) in [6.45, 7) is 8.35. The molecule has 4 N–H and O–H groups in total. The van der Waals surface area contributed by atoms with Gasteiger partial charge in [0.2, 0.25) is 0 Å². The number of benzene rings is 2. The lowest BCUT2D eigenvalue weighted by Gasteiger charge is -2.25. The number of hydrogen-bond acceptors (Lipinski definition) is 12. The number of piperidine rings is 2. The first-order valence-electron chi connectivity index (χ1n) is 21.5. The van der Waals surface area contributed by atoms with Crippen molar-refractivity contribution >= 4 is 73.8 Å². The van der Waals surface area contributed by atoms with Crippen molar-refractivity contribution in [2.45, 2.75) is 71.6 Å². The smallest absolute Gasteiger partial charge is 0.335 e. The van der Waals surface area contributed by atoms with Crippen molar-refractivity contribution in [3.8, 4) is 0 Å². The molecule has 2 aliphatic rings. The SMILES string of the molecule is CC(=O)c1cc(C(=O)Nc2ccc(C(=O)O)cc2)n(Cc2csc(N3CCCCC3)n2)c1.COC(C)c1cc(C(=O)Nc2ccc(C(=O)O)cc2)n(Cc2csc(N3CCCCC3)n2)c1. The molecule has 0 saturated carbocycles. The number of ether oxygens (including phenoxy) is 1. The Morgan fingerprint density at radius 3 is 1.49 bits per heavy atom. The van der Waals surface area contributed by atoms with E-state index in [1.54, 1.807) is 58.7 Å². The first-order valence-corrected chi connectivity index (χ1v) is 23.2. The van der Waals surface area contributed by atoms with Gasteiger partial charge in [-0.1, -0.05) is 0 Å². The maximum absolute atomic E-state index is 13.1. The Labute approximate surface area is 384 Å². The fourth-order valence-corrected chi connectivity index (χ4v) is 9.31. The van der Waals surface area contributed by atoms with Crippen LogP contribution in [0.5, 0.6) is 0 Å². The minimum absolute atomic E-state index is 0.129. The molecule has 0 spiro atoms. The third kappa shape index (κ3) is 11.9. The van der Waals surface area contributed by atoms with Crippen molar-refractivity contribution < 1.29 is 38.9 Å². The quantitative estimate of drug-likeness (QED) is 0.0715. The Hall–Kier alpha value is -6.63. The number of anilines is 4. The predicted molar refractivity (Wildman–Crippen MR) is 252 cm³/mol. The van der Waals surface area contributed by atoms with Crippen LogP contribution in [0, 0.1) is 0 Å². The molecule has 0 bridgehead atoms. The number of aromatic nitrogens is 4. The number of thiazole rings is 2. The van der Waals surface area contributed by atoms with Crippen LogP contribution in [0.4, 0.5) is 21.6 Å². The van der Waals surface area contributed by atoms with Gasteiger partial charge in [0.1, 0.15) is 11.4 Å². The molecule has 2 amide bonds. The average Bonchev–Trinajstić information content (AvgIpc) is 4.15. The van der Waals surface area contributed by atoms with Gasteiger partial charge in [-0.25, -0.2) is 19.6 Å².